The maximum absolute atomic E-state index is 10.7. The number of aromatic nitrogens is 6. The van der Waals surface area contributed by atoms with Crippen molar-refractivity contribution in [1.29, 1.82) is 5.26 Å². The molecule has 1 aliphatic heterocycles. The van der Waals surface area contributed by atoms with Gasteiger partial charge in [-0.2, -0.15) is 5.26 Å². The third kappa shape index (κ3) is 4.49. The first-order chi connectivity index (χ1) is 21.0. The van der Waals surface area contributed by atoms with E-state index >= 15 is 0 Å². The highest BCUT2D eigenvalue weighted by Gasteiger charge is 2.49. The van der Waals surface area contributed by atoms with Gasteiger partial charge in [0.1, 0.15) is 11.1 Å². The van der Waals surface area contributed by atoms with E-state index in [4.69, 9.17) is 20.2 Å². The molecule has 13 heteroatoms. The number of nitrogens with two attached hydrogens (primary N) is 1. The van der Waals surface area contributed by atoms with Crippen molar-refractivity contribution in [2.45, 2.75) is 95.2 Å². The first-order valence-electron chi connectivity index (χ1n) is 15.6. The number of thiophene rings is 1. The molecule has 1 spiro atoms. The van der Waals surface area contributed by atoms with Crippen molar-refractivity contribution < 1.29 is 9.63 Å². The summed E-state index contributed by atoms with van der Waals surface area (Å²) in [5.74, 6) is 1.86. The highest BCUT2D eigenvalue weighted by molar-refractivity contribution is 7.16. The molecule has 0 aromatic carbocycles. The third-order valence-electron chi connectivity index (χ3n) is 9.88. The summed E-state index contributed by atoms with van der Waals surface area (Å²) < 4.78 is 8.19. The van der Waals surface area contributed by atoms with Crippen LogP contribution in [0.25, 0.3) is 22.7 Å². The predicted octanol–water partition coefficient (Wildman–Crippen LogP) is 4.21. The Labute approximate surface area is 260 Å². The maximum atomic E-state index is 10.7. The van der Waals surface area contributed by atoms with E-state index in [-0.39, 0.29) is 6.04 Å². The number of anilines is 2. The van der Waals surface area contributed by atoms with E-state index in [1.54, 1.807) is 13.8 Å². The van der Waals surface area contributed by atoms with Crippen LogP contribution in [0.2, 0.25) is 0 Å². The van der Waals surface area contributed by atoms with E-state index in [0.717, 1.165) is 74.8 Å². The van der Waals surface area contributed by atoms with E-state index < -0.39 is 11.0 Å². The van der Waals surface area contributed by atoms with Crippen molar-refractivity contribution >= 4 is 33.3 Å². The van der Waals surface area contributed by atoms with Gasteiger partial charge in [-0.15, -0.1) is 16.4 Å². The molecule has 0 saturated carbocycles. The number of aliphatic hydroxyl groups is 1. The summed E-state index contributed by atoms with van der Waals surface area (Å²) in [7, 11) is 4.06. The van der Waals surface area contributed by atoms with Gasteiger partial charge < -0.3 is 25.2 Å². The number of hydrogen-bond acceptors (Lipinski definition) is 12. The Hall–Kier alpha value is -3.60. The fourth-order valence-electron chi connectivity index (χ4n) is 8.04. The predicted molar refractivity (Wildman–Crippen MR) is 169 cm³/mol. The number of rotatable bonds is 6. The first kappa shape index (κ1) is 29.1. The second-order valence-corrected chi connectivity index (χ2v) is 14.7. The minimum Gasteiger partial charge on any atom is -0.389 e. The van der Waals surface area contributed by atoms with Gasteiger partial charge in [0.05, 0.1) is 22.6 Å². The molecule has 4 aromatic rings. The van der Waals surface area contributed by atoms with Gasteiger partial charge >= 0.3 is 0 Å². The number of nitrogens with zero attached hydrogens (tertiary/aromatic N) is 9. The molecule has 232 valence electrons. The summed E-state index contributed by atoms with van der Waals surface area (Å²) in [5, 5.41) is 35.2. The third-order valence-corrected chi connectivity index (χ3v) is 11.0. The van der Waals surface area contributed by atoms with Crippen molar-refractivity contribution in [2.24, 2.45) is 0 Å². The lowest BCUT2D eigenvalue weighted by atomic mass is 9.63. The molecule has 4 aromatic heterocycles. The number of fused-ring (bicyclic) bond motifs is 5. The molecule has 2 aliphatic carbocycles. The summed E-state index contributed by atoms with van der Waals surface area (Å²) in [4.78, 5) is 15.6. The Kier molecular flexibility index (Phi) is 6.95. The summed E-state index contributed by atoms with van der Waals surface area (Å²) in [6, 6.07) is 2.77. The van der Waals surface area contributed by atoms with Gasteiger partial charge in [-0.25, -0.2) is 14.6 Å². The maximum Gasteiger partial charge on any atom is 0.186 e. The van der Waals surface area contributed by atoms with E-state index in [1.165, 1.54) is 16.2 Å². The van der Waals surface area contributed by atoms with Crippen LogP contribution in [0.1, 0.15) is 92.7 Å². The van der Waals surface area contributed by atoms with Crippen LogP contribution >= 0.6 is 11.3 Å². The van der Waals surface area contributed by atoms with E-state index in [0.29, 0.717) is 51.7 Å². The van der Waals surface area contributed by atoms with Gasteiger partial charge in [0.15, 0.2) is 34.3 Å². The number of nitrogen functional groups attached to an aromatic ring is 1. The standard InChI is InChI=1S/C31H40N10O2S/c1-17(20-10-8-14-39(20)4)41-29-24(36-38-41)28(40(5)16-30(2,3)42)34-27(35-29)23-18-9-6-12-31(25(18)43-37-23)13-7-11-21-22(31)19(15-32)26(33)44-21/h17,20,42H,6-14,16,33H2,1-5H3/t17-,20+,31+/m1/s1. The number of likely N-dealkylation sites (tertiary alicyclic amines) is 1. The molecule has 1 saturated heterocycles. The zero-order valence-corrected chi connectivity index (χ0v) is 26.9. The quantitative estimate of drug-likeness (QED) is 0.319. The average molecular weight is 617 g/mol. The van der Waals surface area contributed by atoms with Gasteiger partial charge in [-0.3, -0.25) is 0 Å². The van der Waals surface area contributed by atoms with E-state index in [1.807, 2.05) is 16.6 Å². The molecule has 3 aliphatic rings. The summed E-state index contributed by atoms with van der Waals surface area (Å²) >= 11 is 1.54. The fraction of sp³-hybridized carbons (Fsp3) is 0.613. The molecule has 5 heterocycles. The Bertz CT molecular complexity index is 1770. The van der Waals surface area contributed by atoms with Gasteiger partial charge in [0.25, 0.3) is 0 Å². The average Bonchev–Trinajstić information content (AvgIpc) is 3.76. The van der Waals surface area contributed by atoms with Crippen molar-refractivity contribution in [3.05, 3.63) is 27.3 Å². The largest absolute Gasteiger partial charge is 0.389 e. The van der Waals surface area contributed by atoms with Crippen LogP contribution in [-0.4, -0.2) is 79.0 Å². The number of nitriles is 1. The van der Waals surface area contributed by atoms with Crippen LogP contribution in [0.3, 0.4) is 0 Å². The number of aryl methyl sites for hydroxylation is 1. The summed E-state index contributed by atoms with van der Waals surface area (Å²) in [5.41, 5.74) is 9.43. The molecule has 0 bridgehead atoms. The molecule has 12 nitrogen and oxygen atoms in total. The number of hydrogen-bond donors (Lipinski definition) is 2. The fourth-order valence-corrected chi connectivity index (χ4v) is 9.20. The Morgan fingerprint density at radius 3 is 2.73 bits per heavy atom. The lowest BCUT2D eigenvalue weighted by Gasteiger charge is -2.39. The SMILES string of the molecule is C[C@H]([C@@H]1CCCN1C)n1nnc2c(N(C)CC(C)(C)O)nc(-c3noc4c3CCC[C@@]43CCCc4sc(N)c(C#N)c43)nc21. The van der Waals surface area contributed by atoms with Crippen LogP contribution in [0.4, 0.5) is 10.8 Å². The lowest BCUT2D eigenvalue weighted by molar-refractivity contribution is 0.0885. The molecule has 0 unspecified atom stereocenters. The molecule has 1 fully saturated rings. The Morgan fingerprint density at radius 1 is 1.25 bits per heavy atom. The van der Waals surface area contributed by atoms with Crippen molar-refractivity contribution in [3.8, 4) is 17.6 Å². The second kappa shape index (κ2) is 10.5. The molecule has 44 heavy (non-hydrogen) atoms. The molecular weight excluding hydrogens is 576 g/mol. The normalized spacial score (nSPS) is 22.7. The van der Waals surface area contributed by atoms with E-state index in [9.17, 15) is 10.4 Å². The molecule has 0 amide bonds. The summed E-state index contributed by atoms with van der Waals surface area (Å²) in [6.07, 6.45) is 7.64. The minimum absolute atomic E-state index is 0.0475. The first-order valence-corrected chi connectivity index (χ1v) is 16.4. The monoisotopic (exact) mass is 616 g/mol. The Balaban J connectivity index is 1.39. The minimum atomic E-state index is -0.957. The lowest BCUT2D eigenvalue weighted by Crippen LogP contribution is -2.37. The van der Waals surface area contributed by atoms with Crippen LogP contribution < -0.4 is 10.6 Å². The van der Waals surface area contributed by atoms with Crippen molar-refractivity contribution in [2.75, 3.05) is 37.8 Å². The van der Waals surface area contributed by atoms with Crippen molar-refractivity contribution in [3.63, 3.8) is 0 Å². The highest BCUT2D eigenvalue weighted by atomic mass is 32.1. The highest BCUT2D eigenvalue weighted by Crippen LogP contribution is 2.55. The second-order valence-electron chi connectivity index (χ2n) is 13.6. The smallest absolute Gasteiger partial charge is 0.186 e. The van der Waals surface area contributed by atoms with Gasteiger partial charge in [0.2, 0.25) is 0 Å². The molecule has 3 N–H and O–H groups in total. The van der Waals surface area contributed by atoms with Crippen LogP contribution in [0.5, 0.6) is 0 Å². The van der Waals surface area contributed by atoms with Crippen LogP contribution in [-0.2, 0) is 18.3 Å². The molecule has 3 atom stereocenters. The molecular formula is C31H40N10O2S. The topological polar surface area (TPSA) is 159 Å². The number of likely N-dealkylation sites (N-methyl/N-ethyl adjacent to an activating group) is 2. The molecule has 7 rings (SSSR count). The van der Waals surface area contributed by atoms with Crippen LogP contribution in [0, 0.1) is 11.3 Å². The zero-order chi connectivity index (χ0) is 31.0. The van der Waals surface area contributed by atoms with E-state index in [2.05, 4.69) is 40.4 Å². The van der Waals surface area contributed by atoms with Crippen molar-refractivity contribution in [1.82, 2.24) is 35.0 Å². The Morgan fingerprint density at radius 2 is 2.02 bits per heavy atom. The summed E-state index contributed by atoms with van der Waals surface area (Å²) in [6.45, 7) is 7.11. The van der Waals surface area contributed by atoms with Gasteiger partial charge in [0, 0.05) is 30.1 Å². The van der Waals surface area contributed by atoms with Gasteiger partial charge in [-0.1, -0.05) is 10.4 Å². The van der Waals surface area contributed by atoms with Crippen LogP contribution in [0.15, 0.2) is 4.52 Å². The van der Waals surface area contributed by atoms with Gasteiger partial charge in [-0.05, 0) is 91.3 Å². The molecule has 0 radical (unpaired) electrons. The zero-order valence-electron chi connectivity index (χ0n) is 26.1.